The van der Waals surface area contributed by atoms with Crippen molar-refractivity contribution in [3.05, 3.63) is 64.7 Å². The van der Waals surface area contributed by atoms with Crippen molar-refractivity contribution in [2.45, 2.75) is 33.4 Å². The van der Waals surface area contributed by atoms with E-state index in [1.165, 1.54) is 0 Å². The molecule has 0 saturated heterocycles. The molecule has 0 amide bonds. The monoisotopic (exact) mass is 299 g/mol. The van der Waals surface area contributed by atoms with Gasteiger partial charge < -0.3 is 0 Å². The quantitative estimate of drug-likeness (QED) is 0.619. The minimum atomic E-state index is -1.57. The molecule has 0 bridgehead atoms. The summed E-state index contributed by atoms with van der Waals surface area (Å²) in [7, 11) is -1.57. The fraction of sp³-hybridized carbons (Fsp3) is 0.278. The molecule has 0 saturated carbocycles. The van der Waals surface area contributed by atoms with E-state index in [4.69, 9.17) is 0 Å². The van der Waals surface area contributed by atoms with Crippen LogP contribution in [0.25, 0.3) is 0 Å². The second-order valence-electron chi connectivity index (χ2n) is 5.53. The maximum atomic E-state index is 12.9. The Morgan fingerprint density at radius 1 is 0.952 bits per heavy atom. The zero-order valence-corrected chi connectivity index (χ0v) is 13.8. The Bertz CT molecular complexity index is 682. The molecular weight excluding hydrogens is 279 g/mol. The molecule has 0 heterocycles. The summed E-state index contributed by atoms with van der Waals surface area (Å²) in [5, 5.41) is 0.662. The number of hydrogen-bond acceptors (Lipinski definition) is 2. The first-order chi connectivity index (χ1) is 9.93. The molecule has 0 N–H and O–H groups in total. The summed E-state index contributed by atoms with van der Waals surface area (Å²) in [4.78, 5) is 12.9. The van der Waals surface area contributed by atoms with Crippen molar-refractivity contribution in [3.8, 4) is 0 Å². The maximum absolute atomic E-state index is 12.9. The highest BCUT2D eigenvalue weighted by Crippen LogP contribution is 2.29. The molecule has 21 heavy (non-hydrogen) atoms. The Hall–Kier alpha value is -1.79. The van der Waals surface area contributed by atoms with Gasteiger partial charge in [0.2, 0.25) is 0 Å². The second kappa shape index (κ2) is 6.32. The van der Waals surface area contributed by atoms with Gasteiger partial charge in [0.15, 0.2) is 5.78 Å². The molecule has 1 radical (unpaired) electrons. The molecule has 2 aromatic rings. The van der Waals surface area contributed by atoms with Crippen LogP contribution in [0.3, 0.4) is 0 Å². The molecule has 0 aromatic heterocycles. The smallest absolute Gasteiger partial charge is 0.194 e. The van der Waals surface area contributed by atoms with Gasteiger partial charge in [-0.05, 0) is 37.1 Å². The fourth-order valence-corrected chi connectivity index (χ4v) is 3.65. The Labute approximate surface area is 127 Å². The Balaban J connectivity index is 2.58. The average Bonchev–Trinajstić information content (AvgIpc) is 2.46. The molecule has 1 atom stereocenters. The van der Waals surface area contributed by atoms with Gasteiger partial charge in [-0.25, -0.2) is 0 Å². The highest BCUT2D eigenvalue weighted by atomic mass is 31.1. The topological polar surface area (TPSA) is 34.1 Å². The number of benzene rings is 2. The molecule has 0 aliphatic carbocycles. The van der Waals surface area contributed by atoms with Crippen molar-refractivity contribution in [2.24, 2.45) is 0 Å². The molecule has 0 aliphatic heterocycles. The number of hydrogen-bond donors (Lipinski definition) is 0. The zero-order valence-electron chi connectivity index (χ0n) is 12.9. The molecule has 109 valence electrons. The largest absolute Gasteiger partial charge is 0.289 e. The van der Waals surface area contributed by atoms with Crippen LogP contribution in [0.15, 0.2) is 42.5 Å². The van der Waals surface area contributed by atoms with Crippen molar-refractivity contribution in [1.82, 2.24) is 0 Å². The third-order valence-corrected chi connectivity index (χ3v) is 5.37. The van der Waals surface area contributed by atoms with Crippen LogP contribution in [0.4, 0.5) is 0 Å². The lowest BCUT2D eigenvalue weighted by Gasteiger charge is -2.13. The van der Waals surface area contributed by atoms with E-state index in [0.717, 1.165) is 16.7 Å². The highest BCUT2D eigenvalue weighted by molar-refractivity contribution is 7.54. The lowest BCUT2D eigenvalue weighted by Crippen LogP contribution is -2.17. The normalized spacial score (nSPS) is 11.6. The first-order valence-corrected chi connectivity index (χ1v) is 8.42. The van der Waals surface area contributed by atoms with E-state index in [9.17, 15) is 9.36 Å². The Kier molecular flexibility index (Phi) is 4.69. The summed E-state index contributed by atoms with van der Waals surface area (Å²) < 4.78 is 12.5. The van der Waals surface area contributed by atoms with E-state index < -0.39 is 7.80 Å². The number of rotatable bonds is 4. The zero-order chi connectivity index (χ0) is 15.6. The first kappa shape index (κ1) is 15.6. The summed E-state index contributed by atoms with van der Waals surface area (Å²) in [5.41, 5.74) is 3.21. The fourth-order valence-electron chi connectivity index (χ4n) is 2.44. The third kappa shape index (κ3) is 3.11. The molecule has 2 nitrogen and oxygen atoms in total. The predicted molar refractivity (Wildman–Crippen MR) is 88.2 cm³/mol. The van der Waals surface area contributed by atoms with Crippen molar-refractivity contribution >= 4 is 18.9 Å². The van der Waals surface area contributed by atoms with Crippen LogP contribution in [-0.4, -0.2) is 11.4 Å². The average molecular weight is 299 g/mol. The van der Waals surface area contributed by atoms with Crippen molar-refractivity contribution in [3.63, 3.8) is 0 Å². The Morgan fingerprint density at radius 3 is 2.10 bits per heavy atom. The van der Waals surface area contributed by atoms with Crippen molar-refractivity contribution in [1.29, 1.82) is 0 Å². The van der Waals surface area contributed by atoms with Gasteiger partial charge in [0.25, 0.3) is 0 Å². The molecule has 3 heteroatoms. The van der Waals surface area contributed by atoms with Gasteiger partial charge in [-0.3, -0.25) is 9.36 Å². The number of aryl methyl sites for hydroxylation is 2. The lowest BCUT2D eigenvalue weighted by molar-refractivity contribution is 0.103. The van der Waals surface area contributed by atoms with E-state index in [1.54, 1.807) is 12.1 Å². The highest BCUT2D eigenvalue weighted by Gasteiger charge is 2.21. The van der Waals surface area contributed by atoms with Gasteiger partial charge in [0.05, 0.1) is 0 Å². The van der Waals surface area contributed by atoms with Crippen LogP contribution in [0, 0.1) is 13.8 Å². The van der Waals surface area contributed by atoms with Crippen LogP contribution in [0.1, 0.15) is 40.9 Å². The molecular formula is C18H20O2P. The van der Waals surface area contributed by atoms with E-state index in [0.29, 0.717) is 10.9 Å². The minimum Gasteiger partial charge on any atom is -0.289 e. The van der Waals surface area contributed by atoms with E-state index in [1.807, 2.05) is 58.0 Å². The predicted octanol–water partition coefficient (Wildman–Crippen LogP) is 4.40. The number of carbonyl (C=O) groups excluding carboxylic acids is 1. The third-order valence-electron chi connectivity index (χ3n) is 3.56. The van der Waals surface area contributed by atoms with Crippen molar-refractivity contribution < 1.29 is 9.36 Å². The van der Waals surface area contributed by atoms with E-state index >= 15 is 0 Å². The Morgan fingerprint density at radius 2 is 1.52 bits per heavy atom. The SMILES string of the molecule is Cc1cccc(C)c1C(=O)c1ccccc1[P](=O)C(C)C. The van der Waals surface area contributed by atoms with Gasteiger partial charge in [0.1, 0.15) is 7.80 Å². The summed E-state index contributed by atoms with van der Waals surface area (Å²) in [6, 6.07) is 13.1. The van der Waals surface area contributed by atoms with E-state index in [2.05, 4.69) is 0 Å². The lowest BCUT2D eigenvalue weighted by atomic mass is 9.95. The molecule has 1 unspecified atom stereocenters. The number of ketones is 1. The van der Waals surface area contributed by atoms with Crippen molar-refractivity contribution in [2.75, 3.05) is 0 Å². The van der Waals surface area contributed by atoms with Gasteiger partial charge >= 0.3 is 0 Å². The van der Waals surface area contributed by atoms with Crippen LogP contribution in [0.5, 0.6) is 0 Å². The second-order valence-corrected chi connectivity index (χ2v) is 7.70. The summed E-state index contributed by atoms with van der Waals surface area (Å²) in [6.45, 7) is 7.70. The van der Waals surface area contributed by atoms with Gasteiger partial charge in [-0.15, -0.1) is 0 Å². The summed E-state index contributed by atoms with van der Waals surface area (Å²) in [6.07, 6.45) is 0. The van der Waals surface area contributed by atoms with Gasteiger partial charge in [-0.1, -0.05) is 44.2 Å². The summed E-state index contributed by atoms with van der Waals surface area (Å²) >= 11 is 0. The first-order valence-electron chi connectivity index (χ1n) is 7.09. The molecule has 2 rings (SSSR count). The molecule has 0 spiro atoms. The van der Waals surface area contributed by atoms with Gasteiger partial charge in [-0.2, -0.15) is 0 Å². The van der Waals surface area contributed by atoms with Crippen LogP contribution >= 0.6 is 7.80 Å². The maximum Gasteiger partial charge on any atom is 0.194 e. The summed E-state index contributed by atoms with van der Waals surface area (Å²) in [5.74, 6) is -0.0369. The molecule has 2 aromatic carbocycles. The minimum absolute atomic E-state index is 0.0203. The molecule has 0 aliphatic rings. The van der Waals surface area contributed by atoms with E-state index in [-0.39, 0.29) is 11.4 Å². The standard InChI is InChI=1S/C18H20O2P/c1-12(2)21(20)16-11-6-5-10-15(16)18(19)17-13(3)8-7-9-14(17)4/h5-12H,1-4H3. The number of carbonyl (C=O) groups is 1. The van der Waals surface area contributed by atoms with Gasteiger partial charge in [0, 0.05) is 22.1 Å². The molecule has 0 fully saturated rings. The van der Waals surface area contributed by atoms with Crippen LogP contribution in [0.2, 0.25) is 0 Å². The van der Waals surface area contributed by atoms with Crippen LogP contribution in [-0.2, 0) is 4.57 Å². The van der Waals surface area contributed by atoms with Crippen LogP contribution < -0.4 is 5.30 Å².